The minimum Gasteiger partial charge on any atom is -0.366 e. The highest BCUT2D eigenvalue weighted by Gasteiger charge is 2.21. The van der Waals surface area contributed by atoms with Crippen LogP contribution in [0.5, 0.6) is 0 Å². The smallest absolute Gasteiger partial charge is 0.250 e. The zero-order chi connectivity index (χ0) is 16.1. The molecule has 1 atom stereocenters. The van der Waals surface area contributed by atoms with Crippen molar-refractivity contribution in [3.63, 3.8) is 0 Å². The summed E-state index contributed by atoms with van der Waals surface area (Å²) in [6.45, 7) is 2.39. The SMILES string of the molecule is Cl.O=C(NCc1ccccc1-c1ccc(Cl)cc1)C1CNCCO1. The number of rotatable bonds is 4. The first kappa shape index (κ1) is 18.7. The number of hydrogen-bond donors (Lipinski definition) is 2. The van der Waals surface area contributed by atoms with Crippen molar-refractivity contribution in [1.29, 1.82) is 0 Å². The third kappa shape index (κ3) is 4.71. The first-order chi connectivity index (χ1) is 11.2. The lowest BCUT2D eigenvalue weighted by Gasteiger charge is -2.23. The van der Waals surface area contributed by atoms with Crippen molar-refractivity contribution in [2.24, 2.45) is 0 Å². The van der Waals surface area contributed by atoms with Crippen LogP contribution < -0.4 is 10.6 Å². The molecule has 0 bridgehead atoms. The maximum atomic E-state index is 12.2. The molecule has 1 fully saturated rings. The number of carbonyl (C=O) groups is 1. The fraction of sp³-hybridized carbons (Fsp3) is 0.278. The summed E-state index contributed by atoms with van der Waals surface area (Å²) in [5, 5.41) is 6.83. The number of halogens is 2. The maximum Gasteiger partial charge on any atom is 0.250 e. The zero-order valence-electron chi connectivity index (χ0n) is 13.1. The molecular formula is C18H20Cl2N2O2. The number of nitrogens with one attached hydrogen (secondary N) is 2. The Morgan fingerprint density at radius 3 is 2.67 bits per heavy atom. The molecule has 3 rings (SSSR count). The fourth-order valence-corrected chi connectivity index (χ4v) is 2.74. The Kier molecular flexibility index (Phi) is 7.06. The summed E-state index contributed by atoms with van der Waals surface area (Å²) < 4.78 is 5.47. The normalized spacial score (nSPS) is 17.0. The largest absolute Gasteiger partial charge is 0.366 e. The molecule has 0 saturated carbocycles. The highest BCUT2D eigenvalue weighted by Crippen LogP contribution is 2.25. The molecule has 2 aromatic rings. The molecule has 6 heteroatoms. The van der Waals surface area contributed by atoms with Crippen molar-refractivity contribution in [3.8, 4) is 11.1 Å². The summed E-state index contributed by atoms with van der Waals surface area (Å²) in [6.07, 6.45) is -0.411. The van der Waals surface area contributed by atoms with Gasteiger partial charge in [-0.2, -0.15) is 0 Å². The van der Waals surface area contributed by atoms with Gasteiger partial charge in [-0.3, -0.25) is 4.79 Å². The van der Waals surface area contributed by atoms with E-state index in [0.29, 0.717) is 24.7 Å². The van der Waals surface area contributed by atoms with E-state index >= 15 is 0 Å². The maximum absolute atomic E-state index is 12.2. The van der Waals surface area contributed by atoms with Crippen LogP contribution >= 0.6 is 24.0 Å². The third-order valence-corrected chi connectivity index (χ3v) is 4.10. The van der Waals surface area contributed by atoms with Crippen LogP contribution in [0.15, 0.2) is 48.5 Å². The van der Waals surface area contributed by atoms with Gasteiger partial charge in [0.2, 0.25) is 0 Å². The van der Waals surface area contributed by atoms with Crippen molar-refractivity contribution in [1.82, 2.24) is 10.6 Å². The summed E-state index contributed by atoms with van der Waals surface area (Å²) in [5.74, 6) is -0.0805. The van der Waals surface area contributed by atoms with Crippen LogP contribution in [-0.4, -0.2) is 31.7 Å². The summed E-state index contributed by atoms with van der Waals surface area (Å²) in [6, 6.07) is 15.7. The number of ether oxygens (including phenoxy) is 1. The first-order valence-electron chi connectivity index (χ1n) is 7.68. The van der Waals surface area contributed by atoms with Crippen LogP contribution in [0.2, 0.25) is 5.02 Å². The quantitative estimate of drug-likeness (QED) is 0.874. The predicted octanol–water partition coefficient (Wildman–Crippen LogP) is 3.03. The van der Waals surface area contributed by atoms with Crippen LogP contribution in [0.4, 0.5) is 0 Å². The average molecular weight is 367 g/mol. The molecule has 0 aliphatic carbocycles. The van der Waals surface area contributed by atoms with Crippen molar-refractivity contribution in [3.05, 3.63) is 59.1 Å². The summed E-state index contributed by atoms with van der Waals surface area (Å²) >= 11 is 5.95. The molecule has 4 nitrogen and oxygen atoms in total. The van der Waals surface area contributed by atoms with Gasteiger partial charge in [0.25, 0.3) is 5.91 Å². The van der Waals surface area contributed by atoms with Crippen molar-refractivity contribution >= 4 is 29.9 Å². The molecule has 1 amide bonds. The van der Waals surface area contributed by atoms with E-state index in [4.69, 9.17) is 16.3 Å². The Labute approximate surface area is 153 Å². The van der Waals surface area contributed by atoms with Gasteiger partial charge in [0.1, 0.15) is 6.10 Å². The molecule has 1 heterocycles. The van der Waals surface area contributed by atoms with Gasteiger partial charge in [0.05, 0.1) is 6.61 Å². The second-order valence-electron chi connectivity index (χ2n) is 5.45. The van der Waals surface area contributed by atoms with E-state index in [1.54, 1.807) is 0 Å². The van der Waals surface area contributed by atoms with E-state index < -0.39 is 6.10 Å². The number of benzene rings is 2. The van der Waals surface area contributed by atoms with Crippen LogP contribution in [0.1, 0.15) is 5.56 Å². The van der Waals surface area contributed by atoms with E-state index in [2.05, 4.69) is 10.6 Å². The fourth-order valence-electron chi connectivity index (χ4n) is 2.62. The second kappa shape index (κ2) is 9.04. The van der Waals surface area contributed by atoms with E-state index in [9.17, 15) is 4.79 Å². The highest BCUT2D eigenvalue weighted by atomic mass is 35.5. The Hall–Kier alpha value is -1.59. The van der Waals surface area contributed by atoms with Crippen molar-refractivity contribution in [2.75, 3.05) is 19.7 Å². The molecule has 2 aromatic carbocycles. The van der Waals surface area contributed by atoms with Gasteiger partial charge >= 0.3 is 0 Å². The molecular weight excluding hydrogens is 347 g/mol. The minimum absolute atomic E-state index is 0. The number of amides is 1. The van der Waals surface area contributed by atoms with Gasteiger partial charge in [0, 0.05) is 24.7 Å². The van der Waals surface area contributed by atoms with Crippen LogP contribution in [0.25, 0.3) is 11.1 Å². The van der Waals surface area contributed by atoms with Gasteiger partial charge in [0.15, 0.2) is 0 Å². The van der Waals surface area contributed by atoms with E-state index in [-0.39, 0.29) is 18.3 Å². The molecule has 2 N–H and O–H groups in total. The monoisotopic (exact) mass is 366 g/mol. The lowest BCUT2D eigenvalue weighted by Crippen LogP contribution is -2.47. The van der Waals surface area contributed by atoms with Crippen LogP contribution in [0, 0.1) is 0 Å². The van der Waals surface area contributed by atoms with E-state index in [0.717, 1.165) is 23.2 Å². The Morgan fingerprint density at radius 1 is 1.21 bits per heavy atom. The topological polar surface area (TPSA) is 50.4 Å². The molecule has 1 unspecified atom stereocenters. The van der Waals surface area contributed by atoms with E-state index in [1.165, 1.54) is 0 Å². The Balaban J connectivity index is 0.00000208. The summed E-state index contributed by atoms with van der Waals surface area (Å²) in [7, 11) is 0. The molecule has 1 aliphatic heterocycles. The lowest BCUT2D eigenvalue weighted by molar-refractivity contribution is -0.134. The second-order valence-corrected chi connectivity index (χ2v) is 5.88. The number of hydrogen-bond acceptors (Lipinski definition) is 3. The molecule has 0 aromatic heterocycles. The number of morpholine rings is 1. The molecule has 1 saturated heterocycles. The average Bonchev–Trinajstić information content (AvgIpc) is 2.61. The van der Waals surface area contributed by atoms with Gasteiger partial charge < -0.3 is 15.4 Å². The standard InChI is InChI=1S/C18H19ClN2O2.ClH/c19-15-7-5-13(6-8-15)16-4-2-1-3-14(16)11-21-18(22)17-12-20-9-10-23-17;/h1-8,17,20H,9-12H2,(H,21,22);1H. The minimum atomic E-state index is -0.411. The van der Waals surface area contributed by atoms with Gasteiger partial charge in [-0.1, -0.05) is 48.0 Å². The molecule has 1 aliphatic rings. The summed E-state index contributed by atoms with van der Waals surface area (Å²) in [5.41, 5.74) is 3.23. The zero-order valence-corrected chi connectivity index (χ0v) is 14.7. The molecule has 0 radical (unpaired) electrons. The van der Waals surface area contributed by atoms with Crippen LogP contribution in [0.3, 0.4) is 0 Å². The van der Waals surface area contributed by atoms with E-state index in [1.807, 2.05) is 48.5 Å². The highest BCUT2D eigenvalue weighted by molar-refractivity contribution is 6.30. The van der Waals surface area contributed by atoms with Crippen molar-refractivity contribution < 1.29 is 9.53 Å². The lowest BCUT2D eigenvalue weighted by atomic mass is 9.99. The van der Waals surface area contributed by atoms with Crippen molar-refractivity contribution in [2.45, 2.75) is 12.6 Å². The predicted molar refractivity (Wildman–Crippen MR) is 98.6 cm³/mol. The molecule has 0 spiro atoms. The third-order valence-electron chi connectivity index (χ3n) is 3.85. The van der Waals surface area contributed by atoms with Gasteiger partial charge in [-0.05, 0) is 28.8 Å². The molecule has 128 valence electrons. The van der Waals surface area contributed by atoms with Crippen LogP contribution in [-0.2, 0) is 16.1 Å². The van der Waals surface area contributed by atoms with Gasteiger partial charge in [-0.25, -0.2) is 0 Å². The Morgan fingerprint density at radius 2 is 1.96 bits per heavy atom. The summed E-state index contributed by atoms with van der Waals surface area (Å²) in [4.78, 5) is 12.2. The molecule has 24 heavy (non-hydrogen) atoms. The van der Waals surface area contributed by atoms with Gasteiger partial charge in [-0.15, -0.1) is 12.4 Å². The Bertz CT molecular complexity index is 671. The number of carbonyl (C=O) groups excluding carboxylic acids is 1. The first-order valence-corrected chi connectivity index (χ1v) is 8.06.